The van der Waals surface area contributed by atoms with Crippen LogP contribution in [0.3, 0.4) is 0 Å². The van der Waals surface area contributed by atoms with E-state index < -0.39 is 6.10 Å². The van der Waals surface area contributed by atoms with Crippen LogP contribution in [-0.4, -0.2) is 33.7 Å². The number of aliphatic hydroxyl groups excluding tert-OH is 1. The molecule has 1 amide bonds. The Labute approximate surface area is 158 Å². The predicted molar refractivity (Wildman–Crippen MR) is 103 cm³/mol. The second-order valence-electron chi connectivity index (χ2n) is 6.81. The average molecular weight is 362 g/mol. The molecule has 27 heavy (non-hydrogen) atoms. The standard InChI is InChI=1S/C22H22N2O3/c1-2-19(25)22(26)24-13-12-20-18(14-24)21(23-27-20)17-10-8-16(9-11-17)15-6-4-3-5-7-15/h3-11,19,25H,2,12-14H2,1H3/t19-/m0/s1. The van der Waals surface area contributed by atoms with E-state index in [1.165, 1.54) is 0 Å². The Morgan fingerprint density at radius 2 is 1.78 bits per heavy atom. The van der Waals surface area contributed by atoms with Crippen molar-refractivity contribution in [2.24, 2.45) is 0 Å². The van der Waals surface area contributed by atoms with Gasteiger partial charge in [0, 0.05) is 24.1 Å². The lowest BCUT2D eigenvalue weighted by atomic mass is 9.98. The van der Waals surface area contributed by atoms with Crippen molar-refractivity contribution in [3.05, 3.63) is 65.9 Å². The summed E-state index contributed by atoms with van der Waals surface area (Å²) in [5.74, 6) is 0.599. The average Bonchev–Trinajstić information content (AvgIpc) is 3.16. The van der Waals surface area contributed by atoms with Crippen molar-refractivity contribution >= 4 is 5.91 Å². The summed E-state index contributed by atoms with van der Waals surface area (Å²) in [6.07, 6.45) is 0.0895. The molecule has 1 aliphatic rings. The Hall–Kier alpha value is -2.92. The molecule has 1 aromatic heterocycles. The Morgan fingerprint density at radius 1 is 1.11 bits per heavy atom. The van der Waals surface area contributed by atoms with Gasteiger partial charge in [-0.2, -0.15) is 0 Å². The summed E-state index contributed by atoms with van der Waals surface area (Å²) >= 11 is 0. The number of carbonyl (C=O) groups is 1. The number of amides is 1. The number of carbonyl (C=O) groups excluding carboxylic acids is 1. The van der Waals surface area contributed by atoms with E-state index in [-0.39, 0.29) is 5.91 Å². The summed E-state index contributed by atoms with van der Waals surface area (Å²) in [4.78, 5) is 14.0. The monoisotopic (exact) mass is 362 g/mol. The van der Waals surface area contributed by atoms with Gasteiger partial charge in [0.25, 0.3) is 5.91 Å². The van der Waals surface area contributed by atoms with Crippen molar-refractivity contribution in [2.45, 2.75) is 32.4 Å². The van der Waals surface area contributed by atoms with Gasteiger partial charge in [-0.3, -0.25) is 4.79 Å². The van der Waals surface area contributed by atoms with E-state index in [0.717, 1.165) is 33.7 Å². The molecule has 3 aromatic rings. The molecule has 2 aromatic carbocycles. The molecule has 0 aliphatic carbocycles. The lowest BCUT2D eigenvalue weighted by Gasteiger charge is -2.28. The molecule has 4 rings (SSSR count). The number of aliphatic hydroxyl groups is 1. The summed E-state index contributed by atoms with van der Waals surface area (Å²) in [6.45, 7) is 2.77. The maximum absolute atomic E-state index is 12.3. The molecule has 0 radical (unpaired) electrons. The number of hydrogen-bond donors (Lipinski definition) is 1. The number of aromatic nitrogens is 1. The van der Waals surface area contributed by atoms with Crippen molar-refractivity contribution in [2.75, 3.05) is 6.54 Å². The highest BCUT2D eigenvalue weighted by atomic mass is 16.5. The number of benzene rings is 2. The highest BCUT2D eigenvalue weighted by Gasteiger charge is 2.29. The van der Waals surface area contributed by atoms with E-state index in [1.807, 2.05) is 30.3 Å². The van der Waals surface area contributed by atoms with E-state index >= 15 is 0 Å². The van der Waals surface area contributed by atoms with Gasteiger partial charge in [0.1, 0.15) is 17.6 Å². The molecule has 0 unspecified atom stereocenters. The first-order valence-corrected chi connectivity index (χ1v) is 9.27. The van der Waals surface area contributed by atoms with Gasteiger partial charge >= 0.3 is 0 Å². The van der Waals surface area contributed by atoms with Crippen LogP contribution in [0.2, 0.25) is 0 Å². The molecule has 0 spiro atoms. The summed E-state index contributed by atoms with van der Waals surface area (Å²) in [7, 11) is 0. The van der Waals surface area contributed by atoms with Gasteiger partial charge in [0.15, 0.2) is 0 Å². The van der Waals surface area contributed by atoms with Gasteiger partial charge in [0.05, 0.1) is 6.54 Å². The minimum Gasteiger partial charge on any atom is -0.383 e. The lowest BCUT2D eigenvalue weighted by molar-refractivity contribution is -0.141. The first-order valence-electron chi connectivity index (χ1n) is 9.27. The van der Waals surface area contributed by atoms with Crippen LogP contribution in [-0.2, 0) is 17.8 Å². The Bertz CT molecular complexity index is 932. The fraction of sp³-hybridized carbons (Fsp3) is 0.273. The minimum absolute atomic E-state index is 0.227. The molecule has 2 heterocycles. The van der Waals surface area contributed by atoms with Crippen molar-refractivity contribution < 1.29 is 14.4 Å². The van der Waals surface area contributed by atoms with E-state index in [1.54, 1.807) is 11.8 Å². The molecule has 0 saturated heterocycles. The SMILES string of the molecule is CC[C@H](O)C(=O)N1CCc2onc(-c3ccc(-c4ccccc4)cc3)c2C1. The number of rotatable bonds is 4. The zero-order valence-electron chi connectivity index (χ0n) is 15.3. The lowest BCUT2D eigenvalue weighted by Crippen LogP contribution is -2.41. The minimum atomic E-state index is -0.944. The third-order valence-electron chi connectivity index (χ3n) is 5.08. The summed E-state index contributed by atoms with van der Waals surface area (Å²) in [5, 5.41) is 14.1. The number of hydrogen-bond acceptors (Lipinski definition) is 4. The first-order chi connectivity index (χ1) is 13.2. The second-order valence-corrected chi connectivity index (χ2v) is 6.81. The molecule has 1 atom stereocenters. The van der Waals surface area contributed by atoms with Crippen molar-refractivity contribution in [1.29, 1.82) is 0 Å². The van der Waals surface area contributed by atoms with Crippen molar-refractivity contribution in [3.63, 3.8) is 0 Å². The third kappa shape index (κ3) is 3.38. The zero-order chi connectivity index (χ0) is 18.8. The van der Waals surface area contributed by atoms with Gasteiger partial charge in [-0.25, -0.2) is 0 Å². The van der Waals surface area contributed by atoms with E-state index in [9.17, 15) is 9.90 Å². The molecule has 5 heteroatoms. The Morgan fingerprint density at radius 3 is 2.48 bits per heavy atom. The maximum Gasteiger partial charge on any atom is 0.251 e. The molecule has 0 bridgehead atoms. The highest BCUT2D eigenvalue weighted by molar-refractivity contribution is 5.81. The molecule has 0 saturated carbocycles. The zero-order valence-corrected chi connectivity index (χ0v) is 15.3. The topological polar surface area (TPSA) is 66.6 Å². The van der Waals surface area contributed by atoms with Crippen LogP contribution in [0, 0.1) is 0 Å². The molecular formula is C22H22N2O3. The molecule has 1 N–H and O–H groups in total. The van der Waals surface area contributed by atoms with E-state index in [4.69, 9.17) is 4.52 Å². The van der Waals surface area contributed by atoms with Gasteiger partial charge < -0.3 is 14.5 Å². The molecular weight excluding hydrogens is 340 g/mol. The van der Waals surface area contributed by atoms with Crippen LogP contribution in [0.25, 0.3) is 22.4 Å². The maximum atomic E-state index is 12.3. The van der Waals surface area contributed by atoms with Crippen molar-refractivity contribution in [1.82, 2.24) is 10.1 Å². The van der Waals surface area contributed by atoms with Crippen LogP contribution < -0.4 is 0 Å². The highest BCUT2D eigenvalue weighted by Crippen LogP contribution is 2.31. The van der Waals surface area contributed by atoms with Gasteiger partial charge in [-0.05, 0) is 17.5 Å². The molecule has 5 nitrogen and oxygen atoms in total. The normalized spacial score (nSPS) is 14.7. The van der Waals surface area contributed by atoms with Crippen LogP contribution in [0.1, 0.15) is 24.7 Å². The predicted octanol–water partition coefficient (Wildman–Crippen LogP) is 3.66. The number of fused-ring (bicyclic) bond motifs is 1. The van der Waals surface area contributed by atoms with Crippen molar-refractivity contribution in [3.8, 4) is 22.4 Å². The van der Waals surface area contributed by atoms with E-state index in [0.29, 0.717) is 25.9 Å². The van der Waals surface area contributed by atoms with Gasteiger partial charge in [0.2, 0.25) is 0 Å². The van der Waals surface area contributed by atoms with E-state index in [2.05, 4.69) is 29.4 Å². The number of nitrogens with zero attached hydrogens (tertiary/aromatic N) is 2. The van der Waals surface area contributed by atoms with Gasteiger partial charge in [-0.1, -0.05) is 66.7 Å². The molecule has 1 aliphatic heterocycles. The summed E-state index contributed by atoms with van der Waals surface area (Å²) in [6, 6.07) is 18.4. The fourth-order valence-electron chi connectivity index (χ4n) is 3.46. The van der Waals surface area contributed by atoms with Crippen LogP contribution in [0.15, 0.2) is 59.1 Å². The summed E-state index contributed by atoms with van der Waals surface area (Å²) < 4.78 is 5.52. The first kappa shape index (κ1) is 17.5. The largest absolute Gasteiger partial charge is 0.383 e. The van der Waals surface area contributed by atoms with Gasteiger partial charge in [-0.15, -0.1) is 0 Å². The molecule has 0 fully saturated rings. The quantitative estimate of drug-likeness (QED) is 0.769. The summed E-state index contributed by atoms with van der Waals surface area (Å²) in [5.41, 5.74) is 4.97. The fourth-order valence-corrected chi connectivity index (χ4v) is 3.46. The molecule has 138 valence electrons. The van der Waals surface area contributed by atoms with Crippen LogP contribution in [0.5, 0.6) is 0 Å². The Kier molecular flexibility index (Phi) is 4.77. The third-order valence-corrected chi connectivity index (χ3v) is 5.08. The van der Waals surface area contributed by atoms with Crippen LogP contribution in [0.4, 0.5) is 0 Å². The smallest absolute Gasteiger partial charge is 0.251 e. The second kappa shape index (κ2) is 7.37. The Balaban J connectivity index is 1.60. The van der Waals surface area contributed by atoms with Crippen LogP contribution >= 0.6 is 0 Å².